The van der Waals surface area contributed by atoms with E-state index >= 15 is 0 Å². The molecule has 0 spiro atoms. The summed E-state index contributed by atoms with van der Waals surface area (Å²) in [5.74, 6) is 1.17. The highest BCUT2D eigenvalue weighted by Crippen LogP contribution is 2.52. The van der Waals surface area contributed by atoms with Crippen LogP contribution in [-0.4, -0.2) is 29.9 Å². The quantitative estimate of drug-likeness (QED) is 0.774. The number of nitrogens with two attached hydrogens (primary N) is 1. The molecule has 3 atom stereocenters. The lowest BCUT2D eigenvalue weighted by molar-refractivity contribution is -0.138. The van der Waals surface area contributed by atoms with E-state index in [1.165, 1.54) is 6.42 Å². The third-order valence-electron chi connectivity index (χ3n) is 4.45. The van der Waals surface area contributed by atoms with E-state index in [1.807, 2.05) is 0 Å². The van der Waals surface area contributed by atoms with Gasteiger partial charge in [0.2, 0.25) is 5.91 Å². The summed E-state index contributed by atoms with van der Waals surface area (Å²) < 4.78 is 0. The fourth-order valence-corrected chi connectivity index (χ4v) is 2.97. The lowest BCUT2D eigenvalue weighted by Crippen LogP contribution is -2.52. The van der Waals surface area contributed by atoms with Crippen molar-refractivity contribution in [2.45, 2.75) is 46.1 Å². The molecule has 3 unspecified atom stereocenters. The largest absolute Gasteiger partial charge is 0.338 e. The summed E-state index contributed by atoms with van der Waals surface area (Å²) in [4.78, 5) is 14.4. The van der Waals surface area contributed by atoms with Gasteiger partial charge in [0.15, 0.2) is 0 Å². The normalized spacial score (nSPS) is 37.2. The number of carbonyl (C=O) groups is 1. The SMILES string of the molecule is CC1CCCN(C(=O)C2CC2(C)C)C1CN. The Morgan fingerprint density at radius 2 is 2.12 bits per heavy atom. The van der Waals surface area contributed by atoms with Crippen LogP contribution in [0.1, 0.15) is 40.0 Å². The van der Waals surface area contributed by atoms with Gasteiger partial charge in [-0.25, -0.2) is 0 Å². The molecule has 92 valence electrons. The zero-order valence-corrected chi connectivity index (χ0v) is 10.7. The highest BCUT2D eigenvalue weighted by atomic mass is 16.2. The smallest absolute Gasteiger partial charge is 0.226 e. The third kappa shape index (κ3) is 1.97. The molecular weight excluding hydrogens is 200 g/mol. The van der Waals surface area contributed by atoms with Crippen LogP contribution in [0.15, 0.2) is 0 Å². The van der Waals surface area contributed by atoms with Crippen molar-refractivity contribution in [3.8, 4) is 0 Å². The minimum Gasteiger partial charge on any atom is -0.338 e. The van der Waals surface area contributed by atoms with Gasteiger partial charge in [0.05, 0.1) is 0 Å². The van der Waals surface area contributed by atoms with Gasteiger partial charge in [0.25, 0.3) is 0 Å². The fourth-order valence-electron chi connectivity index (χ4n) is 2.97. The number of nitrogens with zero attached hydrogens (tertiary/aromatic N) is 1. The monoisotopic (exact) mass is 224 g/mol. The Morgan fingerprint density at radius 3 is 2.62 bits per heavy atom. The van der Waals surface area contributed by atoms with Crippen LogP contribution in [0.25, 0.3) is 0 Å². The van der Waals surface area contributed by atoms with E-state index in [9.17, 15) is 4.79 Å². The number of hydrogen-bond acceptors (Lipinski definition) is 2. The maximum absolute atomic E-state index is 12.4. The summed E-state index contributed by atoms with van der Waals surface area (Å²) in [6.07, 6.45) is 3.39. The zero-order valence-electron chi connectivity index (χ0n) is 10.7. The Balaban J connectivity index is 2.04. The lowest BCUT2D eigenvalue weighted by Gasteiger charge is -2.40. The topological polar surface area (TPSA) is 46.3 Å². The van der Waals surface area contributed by atoms with Crippen molar-refractivity contribution in [2.24, 2.45) is 23.0 Å². The molecule has 1 saturated carbocycles. The zero-order chi connectivity index (χ0) is 11.9. The van der Waals surface area contributed by atoms with Gasteiger partial charge >= 0.3 is 0 Å². The molecule has 1 saturated heterocycles. The number of rotatable bonds is 2. The first-order valence-corrected chi connectivity index (χ1v) is 6.48. The maximum atomic E-state index is 12.4. The first kappa shape index (κ1) is 11.9. The van der Waals surface area contributed by atoms with Gasteiger partial charge < -0.3 is 10.6 Å². The van der Waals surface area contributed by atoms with Crippen molar-refractivity contribution >= 4 is 5.91 Å². The van der Waals surface area contributed by atoms with Gasteiger partial charge in [-0.1, -0.05) is 20.8 Å². The van der Waals surface area contributed by atoms with Gasteiger partial charge in [-0.2, -0.15) is 0 Å². The van der Waals surface area contributed by atoms with Crippen molar-refractivity contribution in [2.75, 3.05) is 13.1 Å². The molecule has 1 heterocycles. The molecule has 2 rings (SSSR count). The first-order chi connectivity index (χ1) is 7.47. The second-order valence-electron chi connectivity index (χ2n) is 6.20. The Labute approximate surface area is 98.4 Å². The van der Waals surface area contributed by atoms with Crippen molar-refractivity contribution in [1.29, 1.82) is 0 Å². The molecule has 2 fully saturated rings. The van der Waals surface area contributed by atoms with Crippen LogP contribution in [0.2, 0.25) is 0 Å². The summed E-state index contributed by atoms with van der Waals surface area (Å²) in [5, 5.41) is 0. The molecule has 0 aromatic heterocycles. The predicted molar refractivity (Wildman–Crippen MR) is 64.8 cm³/mol. The minimum absolute atomic E-state index is 0.233. The Morgan fingerprint density at radius 1 is 1.50 bits per heavy atom. The van der Waals surface area contributed by atoms with Crippen LogP contribution in [0.4, 0.5) is 0 Å². The highest BCUT2D eigenvalue weighted by Gasteiger charge is 2.53. The van der Waals surface area contributed by atoms with Gasteiger partial charge in [0.1, 0.15) is 0 Å². The highest BCUT2D eigenvalue weighted by molar-refractivity contribution is 5.83. The predicted octanol–water partition coefficient (Wildman–Crippen LogP) is 1.62. The first-order valence-electron chi connectivity index (χ1n) is 6.48. The van der Waals surface area contributed by atoms with E-state index in [-0.39, 0.29) is 17.4 Å². The van der Waals surface area contributed by atoms with Crippen molar-refractivity contribution in [1.82, 2.24) is 4.90 Å². The van der Waals surface area contributed by atoms with Crippen LogP contribution >= 0.6 is 0 Å². The number of carbonyl (C=O) groups excluding carboxylic acids is 1. The summed E-state index contributed by atoms with van der Waals surface area (Å²) in [6, 6.07) is 0.276. The summed E-state index contributed by atoms with van der Waals surface area (Å²) in [5.41, 5.74) is 6.05. The number of likely N-dealkylation sites (tertiary alicyclic amines) is 1. The Kier molecular flexibility index (Phi) is 2.99. The van der Waals surface area contributed by atoms with Crippen LogP contribution in [0.3, 0.4) is 0 Å². The molecule has 1 aliphatic carbocycles. The number of piperidine rings is 1. The van der Waals surface area contributed by atoms with Gasteiger partial charge in [-0.05, 0) is 30.6 Å². The van der Waals surface area contributed by atoms with Crippen LogP contribution in [0.5, 0.6) is 0 Å². The molecule has 2 N–H and O–H groups in total. The van der Waals surface area contributed by atoms with Crippen LogP contribution in [-0.2, 0) is 4.79 Å². The second-order valence-corrected chi connectivity index (χ2v) is 6.20. The van der Waals surface area contributed by atoms with E-state index in [4.69, 9.17) is 5.73 Å². The van der Waals surface area contributed by atoms with E-state index in [1.54, 1.807) is 0 Å². The molecule has 3 heteroatoms. The standard InChI is InChI=1S/C13H24N2O/c1-9-5-4-6-15(11(9)8-14)12(16)10-7-13(10,2)3/h9-11H,4-8,14H2,1-3H3. The number of amides is 1. The van der Waals surface area contributed by atoms with Gasteiger partial charge in [0, 0.05) is 25.0 Å². The molecule has 0 aromatic carbocycles. The molecule has 2 aliphatic rings. The fraction of sp³-hybridized carbons (Fsp3) is 0.923. The van der Waals surface area contributed by atoms with Crippen molar-refractivity contribution < 1.29 is 4.79 Å². The number of hydrogen-bond donors (Lipinski definition) is 1. The average Bonchev–Trinajstić information content (AvgIpc) is 2.86. The molecule has 0 bridgehead atoms. The maximum Gasteiger partial charge on any atom is 0.226 e. The molecule has 3 nitrogen and oxygen atoms in total. The summed E-state index contributed by atoms with van der Waals surface area (Å²) in [7, 11) is 0. The summed E-state index contributed by atoms with van der Waals surface area (Å²) >= 11 is 0. The van der Waals surface area contributed by atoms with Crippen molar-refractivity contribution in [3.05, 3.63) is 0 Å². The van der Waals surface area contributed by atoms with E-state index in [0.717, 1.165) is 19.4 Å². The van der Waals surface area contributed by atoms with Gasteiger partial charge in [-0.15, -0.1) is 0 Å². The van der Waals surface area contributed by atoms with Crippen molar-refractivity contribution in [3.63, 3.8) is 0 Å². The molecule has 1 amide bonds. The average molecular weight is 224 g/mol. The van der Waals surface area contributed by atoms with E-state index in [2.05, 4.69) is 25.7 Å². The van der Waals surface area contributed by atoms with Gasteiger partial charge in [-0.3, -0.25) is 4.79 Å². The second kappa shape index (κ2) is 4.02. The van der Waals surface area contributed by atoms with Crippen LogP contribution in [0, 0.1) is 17.3 Å². The molecule has 0 radical (unpaired) electrons. The molecule has 1 aliphatic heterocycles. The summed E-state index contributed by atoms with van der Waals surface area (Å²) in [6.45, 7) is 8.10. The Bertz CT molecular complexity index is 288. The Hall–Kier alpha value is -0.570. The molecular formula is C13H24N2O. The van der Waals surface area contributed by atoms with E-state index < -0.39 is 0 Å². The molecule has 16 heavy (non-hydrogen) atoms. The molecule has 0 aromatic rings. The lowest BCUT2D eigenvalue weighted by atomic mass is 9.90. The van der Waals surface area contributed by atoms with E-state index in [0.29, 0.717) is 18.4 Å². The third-order valence-corrected chi connectivity index (χ3v) is 4.45. The van der Waals surface area contributed by atoms with Crippen LogP contribution < -0.4 is 5.73 Å². The minimum atomic E-state index is 0.233.